The van der Waals surface area contributed by atoms with Gasteiger partial charge in [-0.15, -0.1) is 0 Å². The predicted octanol–water partition coefficient (Wildman–Crippen LogP) is 2.58. The zero-order chi connectivity index (χ0) is 8.43. The Balaban J connectivity index is 3.20. The van der Waals surface area contributed by atoms with Crippen LogP contribution in [0.15, 0.2) is 23.4 Å². The molecule has 0 unspecified atom stereocenters. The average molecular weight is 214 g/mol. The number of rotatable bonds is 1. The minimum Gasteiger partial charge on any atom is -0.507 e. The zero-order valence-electron chi connectivity index (χ0n) is 6.13. The minimum atomic E-state index is 0.208. The summed E-state index contributed by atoms with van der Waals surface area (Å²) in [6.07, 6.45) is 1.59. The maximum atomic E-state index is 9.33. The van der Waals surface area contributed by atoms with Crippen LogP contribution in [0.4, 0.5) is 0 Å². The molecule has 1 aromatic heterocycles. The van der Waals surface area contributed by atoms with Gasteiger partial charge in [-0.2, -0.15) is 0 Å². The van der Waals surface area contributed by atoms with E-state index in [0.29, 0.717) is 10.2 Å². The second-order valence-electron chi connectivity index (χ2n) is 2.30. The van der Waals surface area contributed by atoms with Gasteiger partial charge in [-0.25, -0.2) is 4.98 Å². The number of nitrogens with zero attached hydrogens (tertiary/aromatic N) is 1. The normalized spacial score (nSPS) is 9.64. The number of aromatic nitrogens is 1. The summed E-state index contributed by atoms with van der Waals surface area (Å²) < 4.78 is 0.625. The highest BCUT2D eigenvalue weighted by atomic mass is 79.9. The molecule has 0 saturated heterocycles. The molecule has 1 rings (SSSR count). The fourth-order valence-electron chi connectivity index (χ4n) is 0.749. The van der Waals surface area contributed by atoms with E-state index in [0.717, 1.165) is 5.57 Å². The highest BCUT2D eigenvalue weighted by Gasteiger charge is 2.01. The Hall–Kier alpha value is -0.830. The quantitative estimate of drug-likeness (QED) is 0.728. The number of hydrogen-bond acceptors (Lipinski definition) is 2. The van der Waals surface area contributed by atoms with Crippen LogP contribution in [0.3, 0.4) is 0 Å². The van der Waals surface area contributed by atoms with Gasteiger partial charge in [-0.3, -0.25) is 0 Å². The van der Waals surface area contributed by atoms with Crippen molar-refractivity contribution >= 4 is 21.5 Å². The van der Waals surface area contributed by atoms with Crippen LogP contribution in [-0.4, -0.2) is 10.1 Å². The van der Waals surface area contributed by atoms with Gasteiger partial charge in [0.25, 0.3) is 0 Å². The summed E-state index contributed by atoms with van der Waals surface area (Å²) in [7, 11) is 0. The van der Waals surface area contributed by atoms with Crippen molar-refractivity contribution in [3.63, 3.8) is 0 Å². The van der Waals surface area contributed by atoms with E-state index in [1.54, 1.807) is 12.3 Å². The average Bonchev–Trinajstić information content (AvgIpc) is 1.85. The summed E-state index contributed by atoms with van der Waals surface area (Å²) in [5.74, 6) is 0.208. The van der Waals surface area contributed by atoms with Gasteiger partial charge in [0.05, 0.1) is 0 Å². The molecule has 2 nitrogen and oxygen atoms in total. The van der Waals surface area contributed by atoms with Crippen LogP contribution in [0.25, 0.3) is 5.57 Å². The van der Waals surface area contributed by atoms with E-state index in [-0.39, 0.29) is 5.75 Å². The molecule has 0 amide bonds. The molecule has 0 bridgehead atoms. The van der Waals surface area contributed by atoms with Crippen molar-refractivity contribution in [2.24, 2.45) is 0 Å². The van der Waals surface area contributed by atoms with E-state index in [9.17, 15) is 5.11 Å². The lowest BCUT2D eigenvalue weighted by atomic mass is 10.1. The molecule has 0 aliphatic carbocycles. The van der Waals surface area contributed by atoms with Crippen LogP contribution >= 0.6 is 15.9 Å². The van der Waals surface area contributed by atoms with Crippen LogP contribution in [-0.2, 0) is 0 Å². The molecule has 0 aliphatic heterocycles. The largest absolute Gasteiger partial charge is 0.507 e. The number of halogens is 1. The molecule has 0 aromatic carbocycles. The Labute approximate surface area is 73.7 Å². The molecule has 0 aliphatic rings. The Morgan fingerprint density at radius 1 is 1.73 bits per heavy atom. The molecule has 0 fully saturated rings. The first kappa shape index (κ1) is 8.27. The van der Waals surface area contributed by atoms with Crippen molar-refractivity contribution in [3.05, 3.63) is 29.0 Å². The molecule has 1 N–H and O–H groups in total. The van der Waals surface area contributed by atoms with E-state index < -0.39 is 0 Å². The first-order valence-corrected chi connectivity index (χ1v) is 3.91. The summed E-state index contributed by atoms with van der Waals surface area (Å²) in [5, 5.41) is 9.33. The van der Waals surface area contributed by atoms with Gasteiger partial charge in [0.1, 0.15) is 10.4 Å². The fraction of sp³-hybridized carbons (Fsp3) is 0.125. The lowest BCUT2D eigenvalue weighted by molar-refractivity contribution is 0.472. The van der Waals surface area contributed by atoms with Gasteiger partial charge in [-0.05, 0) is 28.4 Å². The summed E-state index contributed by atoms with van der Waals surface area (Å²) in [6, 6.07) is 1.55. The lowest BCUT2D eigenvalue weighted by Gasteiger charge is -2.01. The monoisotopic (exact) mass is 213 g/mol. The molecular formula is C8H8BrNO. The van der Waals surface area contributed by atoms with E-state index in [2.05, 4.69) is 27.5 Å². The Kier molecular flexibility index (Phi) is 2.29. The molecule has 0 radical (unpaired) electrons. The second-order valence-corrected chi connectivity index (χ2v) is 3.12. The second kappa shape index (κ2) is 3.05. The molecule has 0 saturated carbocycles. The molecule has 1 aromatic rings. The molecule has 0 spiro atoms. The third-order valence-electron chi connectivity index (χ3n) is 1.31. The fourth-order valence-corrected chi connectivity index (χ4v) is 1.07. The molecule has 11 heavy (non-hydrogen) atoms. The molecule has 58 valence electrons. The van der Waals surface area contributed by atoms with Crippen LogP contribution in [0.2, 0.25) is 0 Å². The van der Waals surface area contributed by atoms with Crippen molar-refractivity contribution in [1.29, 1.82) is 0 Å². The van der Waals surface area contributed by atoms with Gasteiger partial charge in [0.15, 0.2) is 0 Å². The lowest BCUT2D eigenvalue weighted by Crippen LogP contribution is -1.82. The summed E-state index contributed by atoms with van der Waals surface area (Å²) in [5.41, 5.74) is 1.50. The SMILES string of the molecule is C=C(C)c1cnc(Br)cc1O. The highest BCUT2D eigenvalue weighted by Crippen LogP contribution is 2.24. The summed E-state index contributed by atoms with van der Waals surface area (Å²) in [6.45, 7) is 5.52. The smallest absolute Gasteiger partial charge is 0.127 e. The van der Waals surface area contributed by atoms with Gasteiger partial charge in [0, 0.05) is 17.8 Å². The first-order chi connectivity index (χ1) is 5.11. The van der Waals surface area contributed by atoms with E-state index in [4.69, 9.17) is 0 Å². The van der Waals surface area contributed by atoms with Crippen molar-refractivity contribution in [1.82, 2.24) is 4.98 Å². The van der Waals surface area contributed by atoms with Crippen molar-refractivity contribution in [3.8, 4) is 5.75 Å². The standard InChI is InChI=1S/C8H8BrNO/c1-5(2)6-4-10-8(9)3-7(6)11/h3-4H,1H2,2H3,(H,10,11). The Bertz CT molecular complexity index is 296. The molecule has 1 heterocycles. The van der Waals surface area contributed by atoms with Crippen LogP contribution in [0.1, 0.15) is 12.5 Å². The van der Waals surface area contributed by atoms with E-state index >= 15 is 0 Å². The Morgan fingerprint density at radius 3 is 2.82 bits per heavy atom. The number of allylic oxidation sites excluding steroid dienone is 1. The maximum absolute atomic E-state index is 9.33. The van der Waals surface area contributed by atoms with Crippen LogP contribution in [0, 0.1) is 0 Å². The first-order valence-electron chi connectivity index (χ1n) is 3.11. The minimum absolute atomic E-state index is 0.208. The summed E-state index contributed by atoms with van der Waals surface area (Å²) in [4.78, 5) is 3.96. The van der Waals surface area contributed by atoms with Crippen LogP contribution < -0.4 is 0 Å². The third-order valence-corrected chi connectivity index (χ3v) is 1.74. The van der Waals surface area contributed by atoms with E-state index in [1.165, 1.54) is 0 Å². The summed E-state index contributed by atoms with van der Waals surface area (Å²) >= 11 is 3.14. The number of aromatic hydroxyl groups is 1. The van der Waals surface area contributed by atoms with Gasteiger partial charge < -0.3 is 5.11 Å². The van der Waals surface area contributed by atoms with E-state index in [1.807, 2.05) is 6.92 Å². The van der Waals surface area contributed by atoms with Crippen LogP contribution in [0.5, 0.6) is 5.75 Å². The number of hydrogen-bond donors (Lipinski definition) is 1. The highest BCUT2D eigenvalue weighted by molar-refractivity contribution is 9.10. The Morgan fingerprint density at radius 2 is 2.36 bits per heavy atom. The third kappa shape index (κ3) is 1.80. The predicted molar refractivity (Wildman–Crippen MR) is 48.3 cm³/mol. The topological polar surface area (TPSA) is 33.1 Å². The van der Waals surface area contributed by atoms with Gasteiger partial charge >= 0.3 is 0 Å². The zero-order valence-corrected chi connectivity index (χ0v) is 7.72. The van der Waals surface area contributed by atoms with Crippen molar-refractivity contribution in [2.45, 2.75) is 6.92 Å². The van der Waals surface area contributed by atoms with Crippen molar-refractivity contribution in [2.75, 3.05) is 0 Å². The van der Waals surface area contributed by atoms with Gasteiger partial charge in [-0.1, -0.05) is 6.58 Å². The number of pyridine rings is 1. The molecular weight excluding hydrogens is 206 g/mol. The maximum Gasteiger partial charge on any atom is 0.127 e. The molecule has 0 atom stereocenters. The van der Waals surface area contributed by atoms with Crippen molar-refractivity contribution < 1.29 is 5.11 Å². The van der Waals surface area contributed by atoms with Gasteiger partial charge in [0.2, 0.25) is 0 Å². The molecule has 3 heteroatoms.